The normalized spacial score (nSPS) is 14.6. The highest BCUT2D eigenvalue weighted by molar-refractivity contribution is 5.92. The minimum Gasteiger partial charge on any atom is -0.320 e. The third kappa shape index (κ3) is 2.83. The highest BCUT2D eigenvalue weighted by atomic mass is 19.2. The Balaban J connectivity index is 2.16. The van der Waals surface area contributed by atoms with Gasteiger partial charge in [0.2, 0.25) is 11.7 Å². The van der Waals surface area contributed by atoms with Gasteiger partial charge in [-0.15, -0.1) is 0 Å². The fourth-order valence-corrected chi connectivity index (χ4v) is 1.42. The molecule has 104 valence electrons. The van der Waals surface area contributed by atoms with Gasteiger partial charge in [0.15, 0.2) is 23.3 Å². The number of anilines is 1. The Labute approximate surface area is 104 Å². The molecule has 3 nitrogen and oxygen atoms in total. The molecule has 1 aromatic rings. The van der Waals surface area contributed by atoms with E-state index in [2.05, 4.69) is 5.32 Å². The lowest BCUT2D eigenvalue weighted by atomic mass is 10.2. The Morgan fingerprint density at radius 2 is 1.42 bits per heavy atom. The average molecular weight is 280 g/mol. The molecule has 0 aliphatic heterocycles. The van der Waals surface area contributed by atoms with Crippen molar-refractivity contribution in [2.75, 3.05) is 11.9 Å². The summed E-state index contributed by atoms with van der Waals surface area (Å²) in [5.41, 5.74) is -1.33. The van der Waals surface area contributed by atoms with Crippen molar-refractivity contribution < 1.29 is 26.7 Å². The first-order valence-electron chi connectivity index (χ1n) is 5.46. The van der Waals surface area contributed by atoms with Gasteiger partial charge in [-0.3, -0.25) is 4.79 Å². The quantitative estimate of drug-likeness (QED) is 0.503. The van der Waals surface area contributed by atoms with E-state index in [0.717, 1.165) is 12.8 Å². The summed E-state index contributed by atoms with van der Waals surface area (Å²) in [6.07, 6.45) is 1.77. The van der Waals surface area contributed by atoms with Crippen LogP contribution in [0.1, 0.15) is 12.8 Å². The second kappa shape index (κ2) is 5.12. The maximum atomic E-state index is 13.2. The molecule has 1 fully saturated rings. The Kier molecular flexibility index (Phi) is 3.70. The molecular formula is C11H9F5N2O. The minimum atomic E-state index is -2.26. The van der Waals surface area contributed by atoms with E-state index in [-0.39, 0.29) is 12.6 Å². The van der Waals surface area contributed by atoms with Gasteiger partial charge in [-0.25, -0.2) is 22.0 Å². The number of hydrogen-bond donors (Lipinski definition) is 2. The lowest BCUT2D eigenvalue weighted by Crippen LogP contribution is -2.30. The van der Waals surface area contributed by atoms with Crippen molar-refractivity contribution in [3.63, 3.8) is 0 Å². The van der Waals surface area contributed by atoms with Gasteiger partial charge in [-0.05, 0) is 12.8 Å². The van der Waals surface area contributed by atoms with E-state index in [1.165, 1.54) is 0 Å². The molecule has 1 aromatic carbocycles. The molecule has 0 saturated heterocycles. The van der Waals surface area contributed by atoms with Crippen molar-refractivity contribution in [3.05, 3.63) is 29.1 Å². The van der Waals surface area contributed by atoms with Crippen LogP contribution in [0, 0.1) is 29.1 Å². The fourth-order valence-electron chi connectivity index (χ4n) is 1.42. The summed E-state index contributed by atoms with van der Waals surface area (Å²) in [4.78, 5) is 11.3. The van der Waals surface area contributed by atoms with Crippen molar-refractivity contribution in [1.29, 1.82) is 0 Å². The second-order valence-electron chi connectivity index (χ2n) is 4.15. The molecule has 0 unspecified atom stereocenters. The maximum absolute atomic E-state index is 13.2. The summed E-state index contributed by atoms with van der Waals surface area (Å²) in [5, 5.41) is 4.41. The summed E-state index contributed by atoms with van der Waals surface area (Å²) in [6, 6.07) is 0.169. The second-order valence-corrected chi connectivity index (χ2v) is 4.15. The number of carbonyl (C=O) groups is 1. The summed E-state index contributed by atoms with van der Waals surface area (Å²) in [7, 11) is 0. The van der Waals surface area contributed by atoms with Gasteiger partial charge in [-0.2, -0.15) is 0 Å². The lowest BCUT2D eigenvalue weighted by Gasteiger charge is -2.10. The summed E-state index contributed by atoms with van der Waals surface area (Å²) in [6.45, 7) is -0.260. The minimum absolute atomic E-state index is 0.169. The number of halogens is 5. The molecule has 0 heterocycles. The first kappa shape index (κ1) is 13.7. The van der Waals surface area contributed by atoms with E-state index in [1.807, 2.05) is 0 Å². The van der Waals surface area contributed by atoms with Crippen LogP contribution in [0.2, 0.25) is 0 Å². The van der Waals surface area contributed by atoms with Crippen LogP contribution >= 0.6 is 0 Å². The Hall–Kier alpha value is -1.70. The molecule has 0 spiro atoms. The summed E-state index contributed by atoms with van der Waals surface area (Å²) < 4.78 is 64.9. The van der Waals surface area contributed by atoms with Gasteiger partial charge in [0, 0.05) is 6.04 Å². The molecule has 1 aliphatic rings. The number of benzene rings is 1. The smallest absolute Gasteiger partial charge is 0.238 e. The number of rotatable bonds is 4. The third-order valence-electron chi connectivity index (χ3n) is 2.60. The predicted octanol–water partition coefficient (Wildman–Crippen LogP) is 2.07. The van der Waals surface area contributed by atoms with E-state index in [9.17, 15) is 26.7 Å². The van der Waals surface area contributed by atoms with Crippen LogP contribution < -0.4 is 10.6 Å². The molecule has 19 heavy (non-hydrogen) atoms. The van der Waals surface area contributed by atoms with Crippen LogP contribution in [0.5, 0.6) is 0 Å². The highest BCUT2D eigenvalue weighted by Gasteiger charge is 2.27. The number of amides is 1. The van der Waals surface area contributed by atoms with Gasteiger partial charge in [-0.1, -0.05) is 0 Å². The van der Waals surface area contributed by atoms with Crippen LogP contribution in [0.4, 0.5) is 27.6 Å². The topological polar surface area (TPSA) is 41.1 Å². The Morgan fingerprint density at radius 3 is 1.89 bits per heavy atom. The van der Waals surface area contributed by atoms with Gasteiger partial charge >= 0.3 is 0 Å². The standard InChI is InChI=1S/C11H9F5N2O/c12-6-7(13)9(15)11(10(16)8(6)14)18-5(19)3-17-4-1-2-4/h4,17H,1-3H2,(H,18,19). The maximum Gasteiger partial charge on any atom is 0.238 e. The van der Waals surface area contributed by atoms with Gasteiger partial charge in [0.05, 0.1) is 6.54 Å². The van der Waals surface area contributed by atoms with Gasteiger partial charge in [0.25, 0.3) is 0 Å². The molecule has 1 amide bonds. The monoisotopic (exact) mass is 280 g/mol. The van der Waals surface area contributed by atoms with Crippen LogP contribution in [-0.4, -0.2) is 18.5 Å². The van der Waals surface area contributed by atoms with Crippen molar-refractivity contribution in [3.8, 4) is 0 Å². The molecule has 8 heteroatoms. The van der Waals surface area contributed by atoms with Crippen molar-refractivity contribution in [2.24, 2.45) is 0 Å². The lowest BCUT2D eigenvalue weighted by molar-refractivity contribution is -0.115. The average Bonchev–Trinajstić information content (AvgIpc) is 3.21. The molecule has 0 bridgehead atoms. The predicted molar refractivity (Wildman–Crippen MR) is 55.9 cm³/mol. The van der Waals surface area contributed by atoms with E-state index in [0.29, 0.717) is 0 Å². The first-order valence-corrected chi connectivity index (χ1v) is 5.46. The van der Waals surface area contributed by atoms with Crippen LogP contribution in [0.15, 0.2) is 0 Å². The molecule has 0 atom stereocenters. The third-order valence-corrected chi connectivity index (χ3v) is 2.60. The van der Waals surface area contributed by atoms with Crippen molar-refractivity contribution >= 4 is 11.6 Å². The first-order chi connectivity index (χ1) is 8.91. The largest absolute Gasteiger partial charge is 0.320 e. The Bertz CT molecular complexity index is 501. The molecule has 2 rings (SSSR count). The Morgan fingerprint density at radius 1 is 0.947 bits per heavy atom. The van der Waals surface area contributed by atoms with E-state index < -0.39 is 40.7 Å². The van der Waals surface area contributed by atoms with Gasteiger partial charge in [0.1, 0.15) is 5.69 Å². The molecule has 0 aromatic heterocycles. The molecular weight excluding hydrogens is 271 g/mol. The summed E-state index contributed by atoms with van der Waals surface area (Å²) >= 11 is 0. The van der Waals surface area contributed by atoms with Gasteiger partial charge < -0.3 is 10.6 Å². The number of hydrogen-bond acceptors (Lipinski definition) is 2. The molecule has 2 N–H and O–H groups in total. The van der Waals surface area contributed by atoms with E-state index in [1.54, 1.807) is 5.32 Å². The fraction of sp³-hybridized carbons (Fsp3) is 0.364. The van der Waals surface area contributed by atoms with E-state index >= 15 is 0 Å². The highest BCUT2D eigenvalue weighted by Crippen LogP contribution is 2.27. The zero-order valence-corrected chi connectivity index (χ0v) is 9.50. The van der Waals surface area contributed by atoms with Crippen molar-refractivity contribution in [1.82, 2.24) is 5.32 Å². The van der Waals surface area contributed by atoms with Crippen LogP contribution in [0.25, 0.3) is 0 Å². The number of carbonyl (C=O) groups excluding carboxylic acids is 1. The molecule has 0 radical (unpaired) electrons. The zero-order valence-electron chi connectivity index (χ0n) is 9.50. The number of nitrogens with one attached hydrogen (secondary N) is 2. The van der Waals surface area contributed by atoms with Crippen LogP contribution in [0.3, 0.4) is 0 Å². The molecule has 1 aliphatic carbocycles. The summed E-state index contributed by atoms with van der Waals surface area (Å²) in [5.74, 6) is -11.4. The van der Waals surface area contributed by atoms with E-state index in [4.69, 9.17) is 0 Å². The van der Waals surface area contributed by atoms with Crippen molar-refractivity contribution in [2.45, 2.75) is 18.9 Å². The van der Waals surface area contributed by atoms with Crippen LogP contribution in [-0.2, 0) is 4.79 Å². The molecule has 1 saturated carbocycles. The zero-order chi connectivity index (χ0) is 14.2. The SMILES string of the molecule is O=C(CNC1CC1)Nc1c(F)c(F)c(F)c(F)c1F.